The van der Waals surface area contributed by atoms with Crippen molar-refractivity contribution in [3.8, 4) is 11.5 Å². The molecule has 118 valence electrons. The quantitative estimate of drug-likeness (QED) is 0.908. The molecule has 0 radical (unpaired) electrons. The molecule has 1 aliphatic heterocycles. The summed E-state index contributed by atoms with van der Waals surface area (Å²) < 4.78 is 11.0. The van der Waals surface area contributed by atoms with Crippen LogP contribution in [-0.4, -0.2) is 63.8 Å². The number of hydrogen-bond donors (Lipinski definition) is 1. The lowest BCUT2D eigenvalue weighted by molar-refractivity contribution is 0.193. The molecule has 0 amide bonds. The van der Waals surface area contributed by atoms with E-state index < -0.39 is 0 Å². The Morgan fingerprint density at radius 1 is 1.14 bits per heavy atom. The summed E-state index contributed by atoms with van der Waals surface area (Å²) in [5, 5.41) is 0. The summed E-state index contributed by atoms with van der Waals surface area (Å²) >= 11 is 0. The zero-order valence-electron chi connectivity index (χ0n) is 13.5. The molecule has 2 atom stereocenters. The molecule has 1 aromatic rings. The molecule has 21 heavy (non-hydrogen) atoms. The van der Waals surface area contributed by atoms with Crippen molar-refractivity contribution in [2.45, 2.75) is 18.5 Å². The number of nitrogens with two attached hydrogens (primary N) is 1. The topological polar surface area (TPSA) is 51.0 Å². The lowest BCUT2D eigenvalue weighted by Gasteiger charge is -2.33. The van der Waals surface area contributed by atoms with Gasteiger partial charge in [-0.25, -0.2) is 0 Å². The standard InChI is InChI=1S/C16H27N3O2/c1-18-9-6-10-19(2)12(11-18)16(17)15-13(20-3)7-5-8-14(15)21-4/h5,7-8,12,16H,6,9-11,17H2,1-4H3. The van der Waals surface area contributed by atoms with Gasteiger partial charge in [-0.15, -0.1) is 0 Å². The molecule has 0 aliphatic carbocycles. The van der Waals surface area contributed by atoms with Gasteiger partial charge in [-0.3, -0.25) is 0 Å². The lowest BCUT2D eigenvalue weighted by Crippen LogP contribution is -2.45. The molecule has 5 heteroatoms. The number of ether oxygens (including phenoxy) is 2. The maximum atomic E-state index is 6.62. The number of nitrogens with zero attached hydrogens (tertiary/aromatic N) is 2. The van der Waals surface area contributed by atoms with Gasteiger partial charge in [-0.2, -0.15) is 0 Å². The molecule has 0 spiro atoms. The highest BCUT2D eigenvalue weighted by molar-refractivity contribution is 5.47. The first kappa shape index (κ1) is 16.1. The Bertz CT molecular complexity index is 445. The first-order valence-electron chi connectivity index (χ1n) is 7.43. The van der Waals surface area contributed by atoms with Crippen molar-refractivity contribution in [2.24, 2.45) is 5.73 Å². The molecule has 0 bridgehead atoms. The highest BCUT2D eigenvalue weighted by Crippen LogP contribution is 2.35. The summed E-state index contributed by atoms with van der Waals surface area (Å²) in [7, 11) is 7.64. The Hall–Kier alpha value is -1.30. The maximum absolute atomic E-state index is 6.62. The molecular weight excluding hydrogens is 266 g/mol. The van der Waals surface area contributed by atoms with Gasteiger partial charge in [0, 0.05) is 12.6 Å². The van der Waals surface area contributed by atoms with Gasteiger partial charge in [0.1, 0.15) is 11.5 Å². The third kappa shape index (κ3) is 3.48. The van der Waals surface area contributed by atoms with Crippen LogP contribution in [0.15, 0.2) is 18.2 Å². The minimum atomic E-state index is -0.151. The number of hydrogen-bond acceptors (Lipinski definition) is 5. The summed E-state index contributed by atoms with van der Waals surface area (Å²) in [6.45, 7) is 3.11. The van der Waals surface area contributed by atoms with Gasteiger partial charge in [-0.05, 0) is 45.7 Å². The number of rotatable bonds is 4. The van der Waals surface area contributed by atoms with E-state index in [-0.39, 0.29) is 12.1 Å². The Morgan fingerprint density at radius 3 is 2.33 bits per heavy atom. The smallest absolute Gasteiger partial charge is 0.127 e. The Morgan fingerprint density at radius 2 is 1.76 bits per heavy atom. The first-order valence-corrected chi connectivity index (χ1v) is 7.43. The molecule has 5 nitrogen and oxygen atoms in total. The third-order valence-electron chi connectivity index (χ3n) is 4.33. The van der Waals surface area contributed by atoms with Crippen molar-refractivity contribution in [3.63, 3.8) is 0 Å². The van der Waals surface area contributed by atoms with Crippen LogP contribution >= 0.6 is 0 Å². The summed E-state index contributed by atoms with van der Waals surface area (Å²) in [6, 6.07) is 5.90. The van der Waals surface area contributed by atoms with Gasteiger partial charge >= 0.3 is 0 Å². The molecule has 1 aliphatic rings. The summed E-state index contributed by atoms with van der Waals surface area (Å²) in [5.41, 5.74) is 7.57. The zero-order chi connectivity index (χ0) is 15.4. The number of methoxy groups -OCH3 is 2. The molecule has 0 saturated carbocycles. The van der Waals surface area contributed by atoms with Crippen LogP contribution in [0.4, 0.5) is 0 Å². The molecule has 1 aromatic carbocycles. The van der Waals surface area contributed by atoms with Gasteiger partial charge < -0.3 is 25.0 Å². The van der Waals surface area contributed by atoms with Gasteiger partial charge in [0.15, 0.2) is 0 Å². The summed E-state index contributed by atoms with van der Waals surface area (Å²) in [6.07, 6.45) is 1.17. The highest BCUT2D eigenvalue weighted by Gasteiger charge is 2.30. The van der Waals surface area contributed by atoms with E-state index >= 15 is 0 Å². The van der Waals surface area contributed by atoms with Crippen LogP contribution in [0.25, 0.3) is 0 Å². The predicted molar refractivity (Wildman–Crippen MR) is 85.0 cm³/mol. The average molecular weight is 293 g/mol. The SMILES string of the molecule is COc1cccc(OC)c1C(N)C1CN(C)CCCN1C. The van der Waals surface area contributed by atoms with E-state index in [9.17, 15) is 0 Å². The molecule has 1 fully saturated rings. The molecular formula is C16H27N3O2. The van der Waals surface area contributed by atoms with Gasteiger partial charge in [0.2, 0.25) is 0 Å². The number of benzene rings is 1. The van der Waals surface area contributed by atoms with Crippen LogP contribution < -0.4 is 15.2 Å². The van der Waals surface area contributed by atoms with Crippen LogP contribution in [0.1, 0.15) is 18.0 Å². The minimum absolute atomic E-state index is 0.151. The van der Waals surface area contributed by atoms with E-state index in [1.165, 1.54) is 6.42 Å². The van der Waals surface area contributed by atoms with E-state index in [1.54, 1.807) is 14.2 Å². The minimum Gasteiger partial charge on any atom is -0.496 e. The normalized spacial score (nSPS) is 22.6. The van der Waals surface area contributed by atoms with Crippen molar-refractivity contribution in [3.05, 3.63) is 23.8 Å². The van der Waals surface area contributed by atoms with E-state index in [4.69, 9.17) is 15.2 Å². The number of likely N-dealkylation sites (N-methyl/N-ethyl adjacent to an activating group) is 2. The Labute approximate surface area is 127 Å². The van der Waals surface area contributed by atoms with Crippen molar-refractivity contribution in [2.75, 3.05) is 47.9 Å². The largest absolute Gasteiger partial charge is 0.496 e. The second kappa shape index (κ2) is 7.11. The van der Waals surface area contributed by atoms with Crippen molar-refractivity contribution >= 4 is 0 Å². The highest BCUT2D eigenvalue weighted by atomic mass is 16.5. The fourth-order valence-corrected chi connectivity index (χ4v) is 3.09. The van der Waals surface area contributed by atoms with E-state index in [0.717, 1.165) is 36.7 Å². The Kier molecular flexibility index (Phi) is 5.45. The van der Waals surface area contributed by atoms with E-state index in [1.807, 2.05) is 18.2 Å². The molecule has 1 heterocycles. The predicted octanol–water partition coefficient (Wildman–Crippen LogP) is 1.34. The van der Waals surface area contributed by atoms with Gasteiger partial charge in [0.25, 0.3) is 0 Å². The Balaban J connectivity index is 2.35. The van der Waals surface area contributed by atoms with Crippen LogP contribution in [0.5, 0.6) is 11.5 Å². The van der Waals surface area contributed by atoms with Crippen molar-refractivity contribution in [1.29, 1.82) is 0 Å². The van der Waals surface area contributed by atoms with E-state index in [0.29, 0.717) is 0 Å². The van der Waals surface area contributed by atoms with Crippen LogP contribution in [0.2, 0.25) is 0 Å². The lowest BCUT2D eigenvalue weighted by atomic mass is 9.96. The molecule has 2 N–H and O–H groups in total. The monoisotopic (exact) mass is 293 g/mol. The average Bonchev–Trinajstić information content (AvgIpc) is 2.66. The van der Waals surface area contributed by atoms with Crippen molar-refractivity contribution < 1.29 is 9.47 Å². The van der Waals surface area contributed by atoms with E-state index in [2.05, 4.69) is 23.9 Å². The first-order chi connectivity index (χ1) is 10.1. The molecule has 2 unspecified atom stereocenters. The third-order valence-corrected chi connectivity index (χ3v) is 4.33. The second-order valence-corrected chi connectivity index (χ2v) is 5.77. The summed E-state index contributed by atoms with van der Waals surface area (Å²) in [4.78, 5) is 4.69. The van der Waals surface area contributed by atoms with Gasteiger partial charge in [0.05, 0.1) is 25.8 Å². The van der Waals surface area contributed by atoms with Crippen LogP contribution in [0.3, 0.4) is 0 Å². The zero-order valence-corrected chi connectivity index (χ0v) is 13.5. The molecule has 2 rings (SSSR count). The van der Waals surface area contributed by atoms with Gasteiger partial charge in [-0.1, -0.05) is 6.07 Å². The second-order valence-electron chi connectivity index (χ2n) is 5.77. The van der Waals surface area contributed by atoms with Crippen LogP contribution in [0, 0.1) is 0 Å². The molecule has 0 aromatic heterocycles. The van der Waals surface area contributed by atoms with Crippen molar-refractivity contribution in [1.82, 2.24) is 9.80 Å². The maximum Gasteiger partial charge on any atom is 0.127 e. The molecule has 1 saturated heterocycles. The van der Waals surface area contributed by atoms with Crippen LogP contribution in [-0.2, 0) is 0 Å². The fourth-order valence-electron chi connectivity index (χ4n) is 3.09. The summed E-state index contributed by atoms with van der Waals surface area (Å²) in [5.74, 6) is 1.59. The fraction of sp³-hybridized carbons (Fsp3) is 0.625.